The number of nitrogens with zero attached hydrogens (tertiary/aromatic N) is 1. The molecule has 2 bridgehead atoms. The van der Waals surface area contributed by atoms with Gasteiger partial charge in [-0.05, 0) is 60.9 Å². The van der Waals surface area contributed by atoms with Crippen molar-refractivity contribution in [3.63, 3.8) is 0 Å². The Labute approximate surface area is 166 Å². The summed E-state index contributed by atoms with van der Waals surface area (Å²) in [5.41, 5.74) is 2.04. The van der Waals surface area contributed by atoms with Crippen LogP contribution in [0, 0.1) is 11.8 Å². The van der Waals surface area contributed by atoms with Gasteiger partial charge in [0.2, 0.25) is 10.0 Å². The lowest BCUT2D eigenvalue weighted by atomic mass is 9.95. The summed E-state index contributed by atoms with van der Waals surface area (Å²) in [4.78, 5) is 12.6. The third kappa shape index (κ3) is 4.07. The zero-order valence-electron chi connectivity index (χ0n) is 16.0. The Hall–Kier alpha value is -2.34. The van der Waals surface area contributed by atoms with Gasteiger partial charge in [-0.1, -0.05) is 36.8 Å². The highest BCUT2D eigenvalue weighted by Gasteiger charge is 2.40. The smallest absolute Gasteiger partial charge is 0.251 e. The number of carbonyl (C=O) groups excluding carboxylic acids is 1. The lowest BCUT2D eigenvalue weighted by Gasteiger charge is -2.24. The Morgan fingerprint density at radius 2 is 1.75 bits per heavy atom. The molecule has 2 aromatic carbocycles. The molecular weight excluding hydrogens is 372 g/mol. The van der Waals surface area contributed by atoms with E-state index < -0.39 is 10.0 Å². The summed E-state index contributed by atoms with van der Waals surface area (Å²) >= 11 is 0. The minimum absolute atomic E-state index is 0.0712. The summed E-state index contributed by atoms with van der Waals surface area (Å²) in [5, 5.41) is 3.17. The molecule has 6 heteroatoms. The molecule has 2 aliphatic carbocycles. The molecule has 2 aliphatic rings. The lowest BCUT2D eigenvalue weighted by Crippen LogP contribution is -2.38. The van der Waals surface area contributed by atoms with Gasteiger partial charge in [-0.15, -0.1) is 0 Å². The van der Waals surface area contributed by atoms with Gasteiger partial charge in [-0.2, -0.15) is 0 Å². The third-order valence-corrected chi connectivity index (χ3v) is 7.18. The molecule has 148 valence electrons. The van der Waals surface area contributed by atoms with Crippen LogP contribution < -0.4 is 9.62 Å². The van der Waals surface area contributed by atoms with Gasteiger partial charge in [-0.25, -0.2) is 8.42 Å². The topological polar surface area (TPSA) is 66.5 Å². The van der Waals surface area contributed by atoms with Gasteiger partial charge < -0.3 is 5.32 Å². The van der Waals surface area contributed by atoms with E-state index in [1.54, 1.807) is 24.3 Å². The van der Waals surface area contributed by atoms with Crippen molar-refractivity contribution in [3.05, 3.63) is 65.7 Å². The van der Waals surface area contributed by atoms with E-state index in [0.29, 0.717) is 17.2 Å². The molecule has 1 N–H and O–H groups in total. The highest BCUT2D eigenvalue weighted by atomic mass is 32.2. The van der Waals surface area contributed by atoms with Crippen LogP contribution in [-0.4, -0.2) is 26.6 Å². The maximum Gasteiger partial charge on any atom is 0.251 e. The maximum atomic E-state index is 12.6. The Kier molecular flexibility index (Phi) is 5.15. The monoisotopic (exact) mass is 398 g/mol. The van der Waals surface area contributed by atoms with Gasteiger partial charge in [0.25, 0.3) is 5.91 Å². The standard InChI is InChI=1S/C22H26N2O3S/c1-28(26,27)24(15-16-5-3-2-4-6-16)20-11-9-18(10-12-20)22(25)23-21-14-17-7-8-19(21)13-17/h2-6,9-12,17,19,21H,7-8,13-15H2,1H3,(H,23,25)/t17-,19-,21+/m0/s1. The molecule has 5 nitrogen and oxygen atoms in total. The first kappa shape index (κ1) is 19.0. The van der Waals surface area contributed by atoms with Gasteiger partial charge in [-0.3, -0.25) is 9.10 Å². The molecule has 4 rings (SSSR count). The van der Waals surface area contributed by atoms with E-state index in [-0.39, 0.29) is 18.5 Å². The van der Waals surface area contributed by atoms with E-state index in [9.17, 15) is 13.2 Å². The zero-order chi connectivity index (χ0) is 19.7. The number of nitrogens with one attached hydrogen (secondary N) is 1. The van der Waals surface area contributed by atoms with Crippen molar-refractivity contribution in [1.29, 1.82) is 0 Å². The van der Waals surface area contributed by atoms with Crippen LogP contribution in [0.5, 0.6) is 0 Å². The Morgan fingerprint density at radius 1 is 1.04 bits per heavy atom. The predicted octanol–water partition coefficient (Wildman–Crippen LogP) is 3.57. The number of hydrogen-bond acceptors (Lipinski definition) is 3. The fourth-order valence-electron chi connectivity index (χ4n) is 4.60. The first-order valence-corrected chi connectivity index (χ1v) is 11.7. The highest BCUT2D eigenvalue weighted by molar-refractivity contribution is 7.92. The summed E-state index contributed by atoms with van der Waals surface area (Å²) in [6, 6.07) is 16.6. The van der Waals surface area contributed by atoms with E-state index in [4.69, 9.17) is 0 Å². The van der Waals surface area contributed by atoms with Gasteiger partial charge in [0.05, 0.1) is 18.5 Å². The van der Waals surface area contributed by atoms with Gasteiger partial charge in [0.15, 0.2) is 0 Å². The maximum absolute atomic E-state index is 12.6. The molecule has 0 spiro atoms. The molecule has 3 atom stereocenters. The van der Waals surface area contributed by atoms with Crippen LogP contribution in [0.25, 0.3) is 0 Å². The predicted molar refractivity (Wildman–Crippen MR) is 111 cm³/mol. The van der Waals surface area contributed by atoms with E-state index in [2.05, 4.69) is 5.32 Å². The van der Waals surface area contributed by atoms with E-state index >= 15 is 0 Å². The van der Waals surface area contributed by atoms with Crippen molar-refractivity contribution < 1.29 is 13.2 Å². The number of fused-ring (bicyclic) bond motifs is 2. The lowest BCUT2D eigenvalue weighted by molar-refractivity contribution is 0.0923. The molecule has 0 aromatic heterocycles. The Balaban J connectivity index is 1.48. The number of benzene rings is 2. The van der Waals surface area contributed by atoms with E-state index in [1.807, 2.05) is 30.3 Å². The Morgan fingerprint density at radius 3 is 2.32 bits per heavy atom. The summed E-state index contributed by atoms with van der Waals surface area (Å²) in [5.74, 6) is 1.33. The number of anilines is 1. The normalized spacial score (nSPS) is 23.5. The third-order valence-electron chi connectivity index (χ3n) is 6.04. The first-order chi connectivity index (χ1) is 13.4. The average Bonchev–Trinajstić information content (AvgIpc) is 3.29. The van der Waals surface area contributed by atoms with Crippen molar-refractivity contribution in [3.8, 4) is 0 Å². The number of sulfonamides is 1. The molecule has 0 saturated heterocycles. The number of amides is 1. The molecule has 0 radical (unpaired) electrons. The van der Waals surface area contributed by atoms with Crippen LogP contribution in [-0.2, 0) is 16.6 Å². The fourth-order valence-corrected chi connectivity index (χ4v) is 5.49. The molecular formula is C22H26N2O3S. The van der Waals surface area contributed by atoms with Crippen LogP contribution in [0.15, 0.2) is 54.6 Å². The zero-order valence-corrected chi connectivity index (χ0v) is 16.9. The quantitative estimate of drug-likeness (QED) is 0.809. The van der Waals surface area contributed by atoms with Crippen LogP contribution in [0.1, 0.15) is 41.6 Å². The summed E-state index contributed by atoms with van der Waals surface area (Å²) < 4.78 is 26.0. The molecule has 0 unspecified atom stereocenters. The summed E-state index contributed by atoms with van der Waals surface area (Å²) in [7, 11) is -3.44. The molecule has 28 heavy (non-hydrogen) atoms. The highest BCUT2D eigenvalue weighted by Crippen LogP contribution is 2.44. The van der Waals surface area contributed by atoms with Crippen molar-refractivity contribution in [2.75, 3.05) is 10.6 Å². The number of carbonyl (C=O) groups is 1. The van der Waals surface area contributed by atoms with Crippen LogP contribution in [0.4, 0.5) is 5.69 Å². The van der Waals surface area contributed by atoms with Gasteiger partial charge >= 0.3 is 0 Å². The second kappa shape index (κ2) is 7.59. The summed E-state index contributed by atoms with van der Waals surface area (Å²) in [6.07, 6.45) is 6.05. The van der Waals surface area contributed by atoms with Crippen LogP contribution in [0.2, 0.25) is 0 Å². The number of rotatable bonds is 6. The summed E-state index contributed by atoms with van der Waals surface area (Å²) in [6.45, 7) is 0.260. The molecule has 2 aromatic rings. The van der Waals surface area contributed by atoms with Crippen molar-refractivity contribution in [2.45, 2.75) is 38.3 Å². The van der Waals surface area contributed by atoms with Crippen molar-refractivity contribution in [2.24, 2.45) is 11.8 Å². The molecule has 2 saturated carbocycles. The number of hydrogen-bond donors (Lipinski definition) is 1. The molecule has 0 heterocycles. The van der Waals surface area contributed by atoms with Gasteiger partial charge in [0.1, 0.15) is 0 Å². The Bertz CT molecular complexity index is 942. The minimum Gasteiger partial charge on any atom is -0.349 e. The van der Waals surface area contributed by atoms with Crippen molar-refractivity contribution in [1.82, 2.24) is 5.32 Å². The average molecular weight is 399 g/mol. The second-order valence-electron chi connectivity index (χ2n) is 8.06. The van der Waals surface area contributed by atoms with E-state index in [1.165, 1.54) is 29.8 Å². The van der Waals surface area contributed by atoms with Crippen LogP contribution >= 0.6 is 0 Å². The molecule has 0 aliphatic heterocycles. The fraction of sp³-hybridized carbons (Fsp3) is 0.409. The first-order valence-electron chi connectivity index (χ1n) is 9.83. The van der Waals surface area contributed by atoms with Crippen LogP contribution in [0.3, 0.4) is 0 Å². The van der Waals surface area contributed by atoms with Crippen molar-refractivity contribution >= 4 is 21.6 Å². The minimum atomic E-state index is -3.44. The van der Waals surface area contributed by atoms with E-state index in [0.717, 1.165) is 17.9 Å². The second-order valence-corrected chi connectivity index (χ2v) is 9.96. The SMILES string of the molecule is CS(=O)(=O)N(Cc1ccccc1)c1ccc(C(=O)N[C@@H]2C[C@H]3CC[C@H]2C3)cc1. The van der Waals surface area contributed by atoms with Gasteiger partial charge in [0, 0.05) is 11.6 Å². The molecule has 1 amide bonds. The largest absolute Gasteiger partial charge is 0.349 e. The molecule has 2 fully saturated rings.